The Morgan fingerprint density at radius 1 is 0.486 bits per heavy atom. The molecule has 6 aromatic carbocycles. The highest BCUT2D eigenvalue weighted by atomic mass is 16.5. The molecule has 37 heavy (non-hydrogen) atoms. The van der Waals surface area contributed by atoms with Gasteiger partial charge in [-0.2, -0.15) is 0 Å². The second-order valence-corrected chi connectivity index (χ2v) is 9.74. The van der Waals surface area contributed by atoms with Crippen LogP contribution in [0.2, 0.25) is 0 Å². The number of fused-ring (bicyclic) bond motifs is 5. The molecular weight excluding hydrogens is 449 g/mol. The molecule has 0 N–H and O–H groups in total. The average molecular weight is 471 g/mol. The Morgan fingerprint density at radius 2 is 1.14 bits per heavy atom. The maximum atomic E-state index is 6.48. The predicted molar refractivity (Wildman–Crippen MR) is 155 cm³/mol. The molecule has 8 rings (SSSR count). The van der Waals surface area contributed by atoms with Crippen LogP contribution in [0.25, 0.3) is 21.9 Å². The third-order valence-corrected chi connectivity index (χ3v) is 7.70. The van der Waals surface area contributed by atoms with E-state index in [0.29, 0.717) is 0 Å². The molecule has 0 amide bonds. The van der Waals surface area contributed by atoms with Crippen molar-refractivity contribution in [2.45, 2.75) is 0 Å². The molecule has 2 heterocycles. The maximum absolute atomic E-state index is 6.48. The first-order valence-electron chi connectivity index (χ1n) is 12.7. The Morgan fingerprint density at radius 3 is 2.00 bits per heavy atom. The molecule has 0 unspecified atom stereocenters. The van der Waals surface area contributed by atoms with Crippen molar-refractivity contribution in [3.05, 3.63) is 133 Å². The van der Waals surface area contributed by atoms with Gasteiger partial charge in [0.05, 0.1) is 5.69 Å². The minimum absolute atomic E-state index is 0.129. The van der Waals surface area contributed by atoms with Crippen LogP contribution in [0.4, 0.5) is 17.1 Å². The number of anilines is 3. The standard InChI is InChI=1S/C34H22BNO/c1-2-11-23(12-3-1)26-21-24-13-4-5-14-25(24)22-31(26)36-29-17-8-6-15-27(29)35-28-16-7-9-19-32(28)37-33-20-10-18-30(36)34(33)35/h1-22H. The summed E-state index contributed by atoms with van der Waals surface area (Å²) in [4.78, 5) is 2.44. The van der Waals surface area contributed by atoms with Gasteiger partial charge in [0.15, 0.2) is 0 Å². The van der Waals surface area contributed by atoms with Crippen LogP contribution in [0.5, 0.6) is 11.5 Å². The summed E-state index contributed by atoms with van der Waals surface area (Å²) in [5, 5.41) is 2.46. The third-order valence-electron chi connectivity index (χ3n) is 7.70. The van der Waals surface area contributed by atoms with Gasteiger partial charge in [-0.25, -0.2) is 0 Å². The summed E-state index contributed by atoms with van der Waals surface area (Å²) in [6.45, 7) is 0.129. The van der Waals surface area contributed by atoms with Crippen molar-refractivity contribution in [1.29, 1.82) is 0 Å². The Labute approximate surface area is 216 Å². The van der Waals surface area contributed by atoms with Gasteiger partial charge in [-0.3, -0.25) is 0 Å². The van der Waals surface area contributed by atoms with Crippen LogP contribution in [0.1, 0.15) is 0 Å². The van der Waals surface area contributed by atoms with Crippen LogP contribution in [0, 0.1) is 0 Å². The SMILES string of the molecule is c1ccc(-c2cc3ccccc3cc2N2c3ccccc3B3c4ccccc4Oc4cccc2c43)cc1. The van der Waals surface area contributed by atoms with E-state index in [9.17, 15) is 0 Å². The molecule has 0 bridgehead atoms. The molecule has 2 aliphatic heterocycles. The monoisotopic (exact) mass is 471 g/mol. The normalized spacial score (nSPS) is 13.0. The number of hydrogen-bond donors (Lipinski definition) is 0. The molecule has 0 atom stereocenters. The molecule has 3 heteroatoms. The Balaban J connectivity index is 1.46. The van der Waals surface area contributed by atoms with E-state index in [0.717, 1.165) is 11.5 Å². The first kappa shape index (κ1) is 20.4. The molecule has 172 valence electrons. The molecule has 2 aliphatic rings. The van der Waals surface area contributed by atoms with Crippen molar-refractivity contribution in [2.75, 3.05) is 4.90 Å². The van der Waals surface area contributed by atoms with Crippen LogP contribution < -0.4 is 26.0 Å². The van der Waals surface area contributed by atoms with Gasteiger partial charge >= 0.3 is 0 Å². The van der Waals surface area contributed by atoms with Crippen molar-refractivity contribution >= 4 is 50.9 Å². The van der Waals surface area contributed by atoms with E-state index >= 15 is 0 Å². The van der Waals surface area contributed by atoms with Gasteiger partial charge in [0.1, 0.15) is 11.5 Å². The highest BCUT2D eigenvalue weighted by Gasteiger charge is 2.41. The fourth-order valence-electron chi connectivity index (χ4n) is 6.10. The Bertz CT molecular complexity index is 1830. The largest absolute Gasteiger partial charge is 0.458 e. The smallest absolute Gasteiger partial charge is 0.256 e. The lowest BCUT2D eigenvalue weighted by Gasteiger charge is -2.40. The second kappa shape index (κ2) is 7.87. The van der Waals surface area contributed by atoms with E-state index in [1.807, 2.05) is 0 Å². The lowest BCUT2D eigenvalue weighted by Crippen LogP contribution is -2.59. The van der Waals surface area contributed by atoms with Crippen molar-refractivity contribution in [3.63, 3.8) is 0 Å². The van der Waals surface area contributed by atoms with Gasteiger partial charge in [0.2, 0.25) is 0 Å². The van der Waals surface area contributed by atoms with Gasteiger partial charge in [0, 0.05) is 16.9 Å². The minimum atomic E-state index is 0.129. The zero-order chi connectivity index (χ0) is 24.3. The zero-order valence-electron chi connectivity index (χ0n) is 20.1. The van der Waals surface area contributed by atoms with Gasteiger partial charge in [-0.15, -0.1) is 0 Å². The molecule has 0 saturated heterocycles. The molecule has 0 aliphatic carbocycles. The van der Waals surface area contributed by atoms with Crippen LogP contribution >= 0.6 is 0 Å². The fraction of sp³-hybridized carbons (Fsp3) is 0. The van der Waals surface area contributed by atoms with Crippen molar-refractivity contribution < 1.29 is 4.74 Å². The topological polar surface area (TPSA) is 12.5 Å². The van der Waals surface area contributed by atoms with E-state index in [4.69, 9.17) is 4.74 Å². The van der Waals surface area contributed by atoms with E-state index in [-0.39, 0.29) is 6.71 Å². The van der Waals surface area contributed by atoms with Gasteiger partial charge in [-0.05, 0) is 69.1 Å². The molecule has 0 aromatic heterocycles. The second-order valence-electron chi connectivity index (χ2n) is 9.74. The molecule has 6 aromatic rings. The van der Waals surface area contributed by atoms with Gasteiger partial charge in [-0.1, -0.05) is 97.1 Å². The predicted octanol–water partition coefficient (Wildman–Crippen LogP) is 6.91. The fourth-order valence-corrected chi connectivity index (χ4v) is 6.10. The van der Waals surface area contributed by atoms with E-state index in [1.165, 1.54) is 55.3 Å². The van der Waals surface area contributed by atoms with E-state index in [1.54, 1.807) is 0 Å². The number of rotatable bonds is 2. The molecular formula is C34H22BNO. The lowest BCUT2D eigenvalue weighted by atomic mass is 9.34. The summed E-state index contributed by atoms with van der Waals surface area (Å²) in [7, 11) is 0. The molecule has 0 saturated carbocycles. The number of nitrogens with zero attached hydrogens (tertiary/aromatic N) is 1. The van der Waals surface area contributed by atoms with E-state index in [2.05, 4.69) is 138 Å². The van der Waals surface area contributed by atoms with Gasteiger partial charge in [0.25, 0.3) is 6.71 Å². The van der Waals surface area contributed by atoms with Crippen LogP contribution in [0.15, 0.2) is 133 Å². The summed E-state index contributed by atoms with van der Waals surface area (Å²) < 4.78 is 6.48. The molecule has 2 nitrogen and oxygen atoms in total. The quantitative estimate of drug-likeness (QED) is 0.254. The zero-order valence-corrected chi connectivity index (χ0v) is 20.1. The summed E-state index contributed by atoms with van der Waals surface area (Å²) in [5.41, 5.74) is 9.71. The summed E-state index contributed by atoms with van der Waals surface area (Å²) in [5.74, 6) is 1.87. The van der Waals surface area contributed by atoms with Crippen LogP contribution in [-0.2, 0) is 0 Å². The van der Waals surface area contributed by atoms with Crippen molar-refractivity contribution in [1.82, 2.24) is 0 Å². The van der Waals surface area contributed by atoms with Crippen molar-refractivity contribution in [2.24, 2.45) is 0 Å². The highest BCUT2D eigenvalue weighted by molar-refractivity contribution is 6.99. The average Bonchev–Trinajstić information content (AvgIpc) is 2.97. The lowest BCUT2D eigenvalue weighted by molar-refractivity contribution is 0.487. The molecule has 0 spiro atoms. The van der Waals surface area contributed by atoms with E-state index < -0.39 is 0 Å². The number of hydrogen-bond acceptors (Lipinski definition) is 2. The maximum Gasteiger partial charge on any atom is 0.256 e. The number of para-hydroxylation sites is 2. The Kier molecular flexibility index (Phi) is 4.35. The summed E-state index contributed by atoms with van der Waals surface area (Å²) in [6, 6.07) is 47.7. The Hall–Kier alpha value is -4.76. The highest BCUT2D eigenvalue weighted by Crippen LogP contribution is 2.45. The third kappa shape index (κ3) is 3.01. The first-order valence-corrected chi connectivity index (χ1v) is 12.7. The summed E-state index contributed by atoms with van der Waals surface area (Å²) in [6.07, 6.45) is 0. The van der Waals surface area contributed by atoms with Gasteiger partial charge < -0.3 is 9.64 Å². The van der Waals surface area contributed by atoms with Crippen LogP contribution in [0.3, 0.4) is 0 Å². The number of ether oxygens (including phenoxy) is 1. The molecule has 0 radical (unpaired) electrons. The van der Waals surface area contributed by atoms with Crippen LogP contribution in [-0.4, -0.2) is 6.71 Å². The summed E-state index contributed by atoms with van der Waals surface area (Å²) >= 11 is 0. The molecule has 0 fully saturated rings. The first-order chi connectivity index (χ1) is 18.4. The minimum Gasteiger partial charge on any atom is -0.458 e. The number of benzene rings is 6. The van der Waals surface area contributed by atoms with Crippen molar-refractivity contribution in [3.8, 4) is 22.6 Å².